The second-order valence-corrected chi connectivity index (χ2v) is 12.7. The lowest BCUT2D eigenvalue weighted by Crippen LogP contribution is -2.29. The van der Waals surface area contributed by atoms with Crippen molar-refractivity contribution in [2.75, 3.05) is 0 Å². The molecule has 0 heterocycles. The summed E-state index contributed by atoms with van der Waals surface area (Å²) in [4.78, 5) is 0. The Kier molecular flexibility index (Phi) is 5.61. The Hall–Kier alpha value is -0.273. The van der Waals surface area contributed by atoms with Crippen LogP contribution in [0.25, 0.3) is 0 Å². The smallest absolute Gasteiger partial charge is 0.155 e. The highest BCUT2D eigenvalue weighted by Gasteiger charge is 2.32. The van der Waals surface area contributed by atoms with Crippen LogP contribution in [0, 0.1) is 6.92 Å². The van der Waals surface area contributed by atoms with Crippen molar-refractivity contribution in [3.8, 4) is 0 Å². The fourth-order valence-corrected chi connectivity index (χ4v) is 0.534. The van der Waals surface area contributed by atoms with E-state index < -0.39 is 7.38 Å². The fraction of sp³-hybridized carbons (Fsp3) is 0.538. The lowest BCUT2D eigenvalue weighted by molar-refractivity contribution is 0.735. The molecule has 1 rings (SSSR count). The molecule has 0 fully saturated rings. The normalized spacial score (nSPS) is 11.7. The monoisotopic (exact) mass is 242 g/mol. The van der Waals surface area contributed by atoms with Crippen LogP contribution < -0.4 is 0 Å². The molecule has 0 amide bonds. The van der Waals surface area contributed by atoms with Crippen molar-refractivity contribution in [3.05, 3.63) is 35.9 Å². The summed E-state index contributed by atoms with van der Waals surface area (Å²) in [6.45, 7) is 13.0. The maximum atomic E-state index is 6.15. The van der Waals surface area contributed by atoms with E-state index in [2.05, 4.69) is 52.9 Å². The van der Waals surface area contributed by atoms with Crippen LogP contribution in [0.2, 0.25) is 18.1 Å². The third-order valence-electron chi connectivity index (χ3n) is 2.72. The molecule has 0 N–H and O–H groups in total. The molecule has 0 unspecified atom stereocenters. The summed E-state index contributed by atoms with van der Waals surface area (Å²) >= 11 is 6.15. The molecule has 1 aromatic rings. The molecule has 0 bridgehead atoms. The average molecular weight is 243 g/mol. The van der Waals surface area contributed by atoms with Gasteiger partial charge in [0.1, 0.15) is 0 Å². The van der Waals surface area contributed by atoms with Gasteiger partial charge in [-0.2, -0.15) is 11.1 Å². The summed E-state index contributed by atoms with van der Waals surface area (Å²) in [5.41, 5.74) is 1.32. The van der Waals surface area contributed by atoms with E-state index in [1.165, 1.54) is 5.56 Å². The van der Waals surface area contributed by atoms with Crippen LogP contribution in [0.1, 0.15) is 26.3 Å². The van der Waals surface area contributed by atoms with Crippen LogP contribution in [-0.2, 0) is 0 Å². The first-order chi connectivity index (χ1) is 6.64. The lowest BCUT2D eigenvalue weighted by atomic mass is 10.2. The second kappa shape index (κ2) is 5.71. The van der Waals surface area contributed by atoms with Crippen molar-refractivity contribution in [1.29, 1.82) is 0 Å². The van der Waals surface area contributed by atoms with Gasteiger partial charge in [0.05, 0.1) is 0 Å². The Morgan fingerprint density at radius 1 is 1.00 bits per heavy atom. The Labute approximate surface area is 100 Å². The molecule has 0 saturated heterocycles. The van der Waals surface area contributed by atoms with Gasteiger partial charge in [0.15, 0.2) is 7.38 Å². The van der Waals surface area contributed by atoms with E-state index in [9.17, 15) is 0 Å². The highest BCUT2D eigenvalue weighted by molar-refractivity contribution is 7.20. The van der Waals surface area contributed by atoms with E-state index in [1.54, 1.807) is 0 Å². The molecular formula is C13H23ClSi. The molecule has 15 heavy (non-hydrogen) atoms. The molecule has 0 aliphatic rings. The van der Waals surface area contributed by atoms with Crippen LogP contribution in [0.15, 0.2) is 30.3 Å². The first kappa shape index (κ1) is 14.7. The summed E-state index contributed by atoms with van der Waals surface area (Å²) in [7, 11) is -1.39. The van der Waals surface area contributed by atoms with Gasteiger partial charge in [0.25, 0.3) is 0 Å². The predicted octanol–water partition coefficient (Wildman–Crippen LogP) is 5.23. The maximum Gasteiger partial charge on any atom is 0.155 e. The Morgan fingerprint density at radius 2 is 1.33 bits per heavy atom. The molecule has 0 nitrogen and oxygen atoms in total. The molecule has 2 heteroatoms. The van der Waals surface area contributed by atoms with Gasteiger partial charge >= 0.3 is 0 Å². The SMILES string of the molecule is CC(C)(C)[Si](C)(C)Cl.Cc1ccccc1. The zero-order valence-electron chi connectivity index (χ0n) is 10.8. The number of rotatable bonds is 0. The van der Waals surface area contributed by atoms with Gasteiger partial charge in [-0.3, -0.25) is 0 Å². The molecule has 0 atom stereocenters. The van der Waals surface area contributed by atoms with E-state index in [-0.39, 0.29) is 0 Å². The van der Waals surface area contributed by atoms with Crippen molar-refractivity contribution >= 4 is 18.5 Å². The zero-order valence-corrected chi connectivity index (χ0v) is 12.5. The van der Waals surface area contributed by atoms with Crippen LogP contribution in [0.3, 0.4) is 0 Å². The summed E-state index contributed by atoms with van der Waals surface area (Å²) in [6.07, 6.45) is 0. The van der Waals surface area contributed by atoms with Gasteiger partial charge in [-0.15, -0.1) is 0 Å². The topological polar surface area (TPSA) is 0 Å². The van der Waals surface area contributed by atoms with E-state index in [4.69, 9.17) is 11.1 Å². The van der Waals surface area contributed by atoms with Crippen LogP contribution >= 0.6 is 11.1 Å². The minimum absolute atomic E-state index is 0.342. The van der Waals surface area contributed by atoms with Gasteiger partial charge < -0.3 is 0 Å². The van der Waals surface area contributed by atoms with Crippen LogP contribution in [0.5, 0.6) is 0 Å². The second-order valence-electron chi connectivity index (χ2n) is 5.38. The van der Waals surface area contributed by atoms with Crippen molar-refractivity contribution in [2.24, 2.45) is 0 Å². The van der Waals surface area contributed by atoms with Gasteiger partial charge in [-0.25, -0.2) is 0 Å². The first-order valence-corrected chi connectivity index (χ1v) is 9.36. The van der Waals surface area contributed by atoms with E-state index >= 15 is 0 Å². The molecule has 1 aromatic carbocycles. The van der Waals surface area contributed by atoms with E-state index in [0.29, 0.717) is 5.04 Å². The highest BCUT2D eigenvalue weighted by atomic mass is 35.6. The minimum atomic E-state index is -1.39. The third-order valence-corrected chi connectivity index (χ3v) is 7.99. The fourth-order valence-electron chi connectivity index (χ4n) is 0.534. The molecule has 86 valence electrons. The highest BCUT2D eigenvalue weighted by Crippen LogP contribution is 2.38. The number of benzene rings is 1. The number of hydrogen-bond acceptors (Lipinski definition) is 0. The number of hydrogen-bond donors (Lipinski definition) is 0. The third kappa shape index (κ3) is 6.75. The Morgan fingerprint density at radius 3 is 1.47 bits per heavy atom. The average Bonchev–Trinajstić information content (AvgIpc) is 2.02. The maximum absolute atomic E-state index is 6.15. The van der Waals surface area contributed by atoms with E-state index in [0.717, 1.165) is 0 Å². The van der Waals surface area contributed by atoms with E-state index in [1.807, 2.05) is 18.2 Å². The molecule has 0 spiro atoms. The Balaban J connectivity index is 0.000000262. The summed E-state index contributed by atoms with van der Waals surface area (Å²) in [6, 6.07) is 10.3. The quantitative estimate of drug-likeness (QED) is 0.432. The van der Waals surface area contributed by atoms with Gasteiger partial charge in [-0.05, 0) is 12.0 Å². The van der Waals surface area contributed by atoms with Crippen molar-refractivity contribution in [2.45, 2.75) is 45.8 Å². The lowest BCUT2D eigenvalue weighted by Gasteiger charge is -2.29. The predicted molar refractivity (Wildman–Crippen MR) is 74.2 cm³/mol. The molecule has 0 aliphatic carbocycles. The number of halogens is 1. The Bertz CT molecular complexity index is 255. The largest absolute Gasteiger partial charge is 0.167 e. The zero-order chi connectivity index (χ0) is 12.1. The van der Waals surface area contributed by atoms with Gasteiger partial charge in [-0.1, -0.05) is 69.8 Å². The van der Waals surface area contributed by atoms with Crippen LogP contribution in [-0.4, -0.2) is 7.38 Å². The van der Waals surface area contributed by atoms with Crippen LogP contribution in [0.4, 0.5) is 0 Å². The van der Waals surface area contributed by atoms with Gasteiger partial charge in [0, 0.05) is 0 Å². The summed E-state index contributed by atoms with van der Waals surface area (Å²) in [5, 5.41) is 0.342. The summed E-state index contributed by atoms with van der Waals surface area (Å²) < 4.78 is 0. The molecular weight excluding hydrogens is 220 g/mol. The minimum Gasteiger partial charge on any atom is -0.167 e. The molecule has 0 aliphatic heterocycles. The summed E-state index contributed by atoms with van der Waals surface area (Å²) in [5.74, 6) is 0. The van der Waals surface area contributed by atoms with Crippen molar-refractivity contribution in [1.82, 2.24) is 0 Å². The van der Waals surface area contributed by atoms with Crippen molar-refractivity contribution < 1.29 is 0 Å². The standard InChI is InChI=1S/C7H8.C6H15ClSi/c1-7-5-3-2-4-6-7;1-6(2,3)8(4,5)7/h2-6H,1H3;1-5H3. The first-order valence-electron chi connectivity index (χ1n) is 5.35. The molecule has 0 aromatic heterocycles. The molecule has 0 radical (unpaired) electrons. The van der Waals surface area contributed by atoms with Gasteiger partial charge in [0.2, 0.25) is 0 Å². The molecule has 0 saturated carbocycles. The van der Waals surface area contributed by atoms with Crippen molar-refractivity contribution in [3.63, 3.8) is 0 Å². The number of aryl methyl sites for hydroxylation is 1.